The topological polar surface area (TPSA) is 55.1 Å². The number of unbranched alkanes of at least 4 members (excludes halogenated alkanes) is 1. The number of rotatable bonds is 5. The van der Waals surface area contributed by atoms with Gasteiger partial charge in [-0.2, -0.15) is 0 Å². The molecule has 0 aromatic heterocycles. The average Bonchev–Trinajstić information content (AvgIpc) is 2.34. The first-order valence-corrected chi connectivity index (χ1v) is 5.68. The van der Waals surface area contributed by atoms with Gasteiger partial charge < -0.3 is 11.1 Å². The maximum Gasteiger partial charge on any atom is 0.241 e. The molecule has 0 fully saturated rings. The Labute approximate surface area is 102 Å². The normalized spacial score (nSPS) is 11.6. The molecule has 1 aromatic carbocycles. The van der Waals surface area contributed by atoms with E-state index in [1.165, 1.54) is 0 Å². The van der Waals surface area contributed by atoms with Crippen molar-refractivity contribution in [3.05, 3.63) is 35.4 Å². The molecule has 1 amide bonds. The molecule has 1 atom stereocenters. The molecule has 0 aliphatic carbocycles. The molecular weight excluding hydrogens is 212 g/mol. The van der Waals surface area contributed by atoms with Gasteiger partial charge in [-0.1, -0.05) is 29.8 Å². The van der Waals surface area contributed by atoms with E-state index in [-0.39, 0.29) is 5.91 Å². The summed E-state index contributed by atoms with van der Waals surface area (Å²) >= 11 is 0. The third kappa shape index (κ3) is 4.29. The first kappa shape index (κ1) is 13.3. The molecule has 0 bridgehead atoms. The average molecular weight is 230 g/mol. The highest BCUT2D eigenvalue weighted by atomic mass is 16.2. The van der Waals surface area contributed by atoms with Crippen LogP contribution in [0.2, 0.25) is 0 Å². The van der Waals surface area contributed by atoms with Crippen molar-refractivity contribution < 1.29 is 4.79 Å². The largest absolute Gasteiger partial charge is 0.354 e. The summed E-state index contributed by atoms with van der Waals surface area (Å²) in [5.74, 6) is 2.36. The summed E-state index contributed by atoms with van der Waals surface area (Å²) < 4.78 is 0. The minimum Gasteiger partial charge on any atom is -0.354 e. The molecule has 17 heavy (non-hydrogen) atoms. The van der Waals surface area contributed by atoms with Crippen molar-refractivity contribution in [2.45, 2.75) is 25.8 Å². The second-order valence-corrected chi connectivity index (χ2v) is 3.99. The van der Waals surface area contributed by atoms with E-state index in [1.54, 1.807) is 0 Å². The van der Waals surface area contributed by atoms with Gasteiger partial charge in [-0.3, -0.25) is 4.79 Å². The lowest BCUT2D eigenvalue weighted by atomic mass is 10.1. The van der Waals surface area contributed by atoms with Gasteiger partial charge in [0.25, 0.3) is 0 Å². The Bertz CT molecular complexity index is 403. The lowest BCUT2D eigenvalue weighted by Crippen LogP contribution is -2.34. The highest BCUT2D eigenvalue weighted by Crippen LogP contribution is 2.11. The minimum absolute atomic E-state index is 0.161. The molecule has 0 saturated heterocycles. The Kier molecular flexibility index (Phi) is 5.25. The van der Waals surface area contributed by atoms with Crippen LogP contribution in [-0.2, 0) is 4.79 Å². The molecule has 0 saturated carbocycles. The summed E-state index contributed by atoms with van der Waals surface area (Å²) in [6, 6.07) is 7.03. The maximum atomic E-state index is 11.7. The van der Waals surface area contributed by atoms with Gasteiger partial charge in [0.05, 0.1) is 0 Å². The molecule has 90 valence electrons. The third-order valence-electron chi connectivity index (χ3n) is 2.52. The number of nitrogens with two attached hydrogens (primary N) is 1. The van der Waals surface area contributed by atoms with E-state index < -0.39 is 6.04 Å². The van der Waals surface area contributed by atoms with Crippen molar-refractivity contribution in [3.63, 3.8) is 0 Å². The highest BCUT2D eigenvalue weighted by Gasteiger charge is 2.14. The van der Waals surface area contributed by atoms with Gasteiger partial charge >= 0.3 is 0 Å². The van der Waals surface area contributed by atoms with Crippen molar-refractivity contribution in [2.24, 2.45) is 5.73 Å². The lowest BCUT2D eigenvalue weighted by molar-refractivity contribution is -0.122. The van der Waals surface area contributed by atoms with Crippen LogP contribution in [0.15, 0.2) is 24.3 Å². The SMILES string of the molecule is C#CCCCNC(=O)C(N)c1ccc(C)cc1. The molecule has 1 rings (SSSR count). The van der Waals surface area contributed by atoms with Crippen LogP contribution < -0.4 is 11.1 Å². The molecule has 3 nitrogen and oxygen atoms in total. The second-order valence-electron chi connectivity index (χ2n) is 3.99. The lowest BCUT2D eigenvalue weighted by Gasteiger charge is -2.12. The van der Waals surface area contributed by atoms with Gasteiger partial charge in [-0.25, -0.2) is 0 Å². The van der Waals surface area contributed by atoms with Gasteiger partial charge in [0.2, 0.25) is 5.91 Å². The van der Waals surface area contributed by atoms with Crippen LogP contribution in [0.3, 0.4) is 0 Å². The predicted molar refractivity (Wildman–Crippen MR) is 69.2 cm³/mol. The van der Waals surface area contributed by atoms with E-state index in [0.29, 0.717) is 13.0 Å². The quantitative estimate of drug-likeness (QED) is 0.595. The molecule has 3 heteroatoms. The zero-order valence-corrected chi connectivity index (χ0v) is 10.1. The molecule has 0 spiro atoms. The summed E-state index contributed by atoms with van der Waals surface area (Å²) in [4.78, 5) is 11.7. The number of hydrogen-bond donors (Lipinski definition) is 2. The van der Waals surface area contributed by atoms with E-state index >= 15 is 0 Å². The minimum atomic E-state index is -0.610. The first-order valence-electron chi connectivity index (χ1n) is 5.68. The van der Waals surface area contributed by atoms with Gasteiger partial charge in [-0.15, -0.1) is 12.3 Å². The van der Waals surface area contributed by atoms with Crippen LogP contribution in [0.1, 0.15) is 30.0 Å². The number of carbonyl (C=O) groups is 1. The van der Waals surface area contributed by atoms with Crippen molar-refractivity contribution in [3.8, 4) is 12.3 Å². The zero-order valence-electron chi connectivity index (χ0n) is 10.1. The van der Waals surface area contributed by atoms with E-state index in [1.807, 2.05) is 31.2 Å². The van der Waals surface area contributed by atoms with Crippen molar-refractivity contribution in [1.82, 2.24) is 5.32 Å². The summed E-state index contributed by atoms with van der Waals surface area (Å²) in [6.45, 7) is 2.57. The van der Waals surface area contributed by atoms with Crippen LogP contribution in [0.4, 0.5) is 0 Å². The fourth-order valence-electron chi connectivity index (χ4n) is 1.44. The Balaban J connectivity index is 2.46. The smallest absolute Gasteiger partial charge is 0.241 e. The van der Waals surface area contributed by atoms with E-state index in [9.17, 15) is 4.79 Å². The van der Waals surface area contributed by atoms with Crippen LogP contribution in [-0.4, -0.2) is 12.5 Å². The van der Waals surface area contributed by atoms with Crippen LogP contribution >= 0.6 is 0 Å². The van der Waals surface area contributed by atoms with Gasteiger partial charge in [0.1, 0.15) is 6.04 Å². The van der Waals surface area contributed by atoms with Crippen LogP contribution in [0.5, 0.6) is 0 Å². The molecule has 1 aromatic rings. The Hall–Kier alpha value is -1.79. The molecule has 1 unspecified atom stereocenters. The first-order chi connectivity index (χ1) is 8.15. The molecule has 0 radical (unpaired) electrons. The fourth-order valence-corrected chi connectivity index (χ4v) is 1.44. The predicted octanol–water partition coefficient (Wildman–Crippen LogP) is 1.52. The van der Waals surface area contributed by atoms with Crippen molar-refractivity contribution in [1.29, 1.82) is 0 Å². The molecular formula is C14H18N2O. The maximum absolute atomic E-state index is 11.7. The van der Waals surface area contributed by atoms with Crippen LogP contribution in [0, 0.1) is 19.3 Å². The molecule has 0 heterocycles. The van der Waals surface area contributed by atoms with Gasteiger partial charge in [0.15, 0.2) is 0 Å². The number of amides is 1. The summed E-state index contributed by atoms with van der Waals surface area (Å²) in [5, 5.41) is 2.77. The Morgan fingerprint density at radius 3 is 2.71 bits per heavy atom. The summed E-state index contributed by atoms with van der Waals surface area (Å²) in [7, 11) is 0. The number of carbonyl (C=O) groups excluding carboxylic acids is 1. The standard InChI is InChI=1S/C14H18N2O/c1-3-4-5-10-16-14(17)13(15)12-8-6-11(2)7-9-12/h1,6-9,13H,4-5,10,15H2,2H3,(H,16,17). The van der Waals surface area contributed by atoms with Crippen molar-refractivity contribution in [2.75, 3.05) is 6.54 Å². The highest BCUT2D eigenvalue weighted by molar-refractivity contribution is 5.82. The second kappa shape index (κ2) is 6.72. The van der Waals surface area contributed by atoms with Gasteiger partial charge in [-0.05, 0) is 18.9 Å². The number of benzene rings is 1. The number of terminal acetylenes is 1. The Morgan fingerprint density at radius 1 is 1.47 bits per heavy atom. The van der Waals surface area contributed by atoms with Crippen LogP contribution in [0.25, 0.3) is 0 Å². The summed E-state index contributed by atoms with van der Waals surface area (Å²) in [5.41, 5.74) is 7.82. The van der Waals surface area contributed by atoms with Crippen molar-refractivity contribution >= 4 is 5.91 Å². The molecule has 0 aliphatic heterocycles. The molecule has 3 N–H and O–H groups in total. The Morgan fingerprint density at radius 2 is 2.12 bits per heavy atom. The van der Waals surface area contributed by atoms with Gasteiger partial charge in [0, 0.05) is 13.0 Å². The number of hydrogen-bond acceptors (Lipinski definition) is 2. The zero-order chi connectivity index (χ0) is 12.7. The third-order valence-corrected chi connectivity index (χ3v) is 2.52. The molecule has 0 aliphatic rings. The van der Waals surface area contributed by atoms with E-state index in [0.717, 1.165) is 17.5 Å². The monoisotopic (exact) mass is 230 g/mol. The summed E-state index contributed by atoms with van der Waals surface area (Å²) in [6.07, 6.45) is 6.57. The van der Waals surface area contributed by atoms with E-state index in [4.69, 9.17) is 12.2 Å². The number of aryl methyl sites for hydroxylation is 1. The fraction of sp³-hybridized carbons (Fsp3) is 0.357. The van der Waals surface area contributed by atoms with E-state index in [2.05, 4.69) is 11.2 Å². The number of nitrogens with one attached hydrogen (secondary N) is 1.